The number of H-pyrrole nitrogens is 1. The van der Waals surface area contributed by atoms with E-state index in [0.717, 1.165) is 52.2 Å². The number of aryl methyl sites for hydroxylation is 2. The molecule has 6 rings (SSSR count). The van der Waals surface area contributed by atoms with Crippen LogP contribution in [0.3, 0.4) is 0 Å². The number of aromatic amines is 1. The van der Waals surface area contributed by atoms with Crippen LogP contribution < -0.4 is 10.7 Å². The van der Waals surface area contributed by atoms with Crippen molar-refractivity contribution in [3.8, 4) is 11.5 Å². The lowest BCUT2D eigenvalue weighted by Gasteiger charge is -2.23. The number of carbonyl (C=O) groups excluding carboxylic acids is 1. The molecule has 0 saturated carbocycles. The minimum absolute atomic E-state index is 0.0724. The summed E-state index contributed by atoms with van der Waals surface area (Å²) in [6.07, 6.45) is 5.91. The van der Waals surface area contributed by atoms with Crippen LogP contribution in [0, 0.1) is 6.92 Å². The summed E-state index contributed by atoms with van der Waals surface area (Å²) in [5.74, 6) is -0.262. The minimum atomic E-state index is -0.663. The first-order chi connectivity index (χ1) is 16.0. The Hall–Kier alpha value is -3.94. The average Bonchev–Trinajstić information content (AvgIpc) is 3.55. The number of benzene rings is 2. The van der Waals surface area contributed by atoms with Crippen molar-refractivity contribution in [3.05, 3.63) is 81.6 Å². The predicted octanol–water partition coefficient (Wildman–Crippen LogP) is 3.66. The Kier molecular flexibility index (Phi) is 4.20. The van der Waals surface area contributed by atoms with Crippen molar-refractivity contribution in [3.63, 3.8) is 0 Å². The molecule has 4 aromatic rings. The molecule has 0 saturated heterocycles. The number of fused-ring (bicyclic) bond motifs is 3. The van der Waals surface area contributed by atoms with Gasteiger partial charge in [-0.15, -0.1) is 5.10 Å². The van der Waals surface area contributed by atoms with Crippen molar-refractivity contribution in [2.75, 3.05) is 4.90 Å². The molecule has 1 aliphatic carbocycles. The van der Waals surface area contributed by atoms with Crippen molar-refractivity contribution >= 4 is 17.3 Å². The van der Waals surface area contributed by atoms with Gasteiger partial charge in [-0.3, -0.25) is 14.4 Å². The van der Waals surface area contributed by atoms with Crippen molar-refractivity contribution in [2.45, 2.75) is 45.1 Å². The third-order valence-corrected chi connectivity index (χ3v) is 6.73. The smallest absolute Gasteiger partial charge is 0.388 e. The molecular formula is C25H23N5O3. The Balaban J connectivity index is 1.44. The molecule has 1 unspecified atom stereocenters. The number of nitrogens with zero attached hydrogens (tertiary/aromatic N) is 4. The van der Waals surface area contributed by atoms with E-state index in [0.29, 0.717) is 12.8 Å². The van der Waals surface area contributed by atoms with E-state index in [4.69, 9.17) is 4.42 Å². The number of amides is 1. The van der Waals surface area contributed by atoms with Crippen molar-refractivity contribution < 1.29 is 9.21 Å². The van der Waals surface area contributed by atoms with E-state index in [2.05, 4.69) is 40.4 Å². The van der Waals surface area contributed by atoms with Crippen LogP contribution in [0.25, 0.3) is 11.5 Å². The third-order valence-electron chi connectivity index (χ3n) is 6.73. The largest absolute Gasteiger partial charge is 0.434 e. The number of hydrogen-bond acceptors (Lipinski definition) is 5. The lowest BCUT2D eigenvalue weighted by molar-refractivity contribution is -0.122. The fourth-order valence-electron chi connectivity index (χ4n) is 5.25. The summed E-state index contributed by atoms with van der Waals surface area (Å²) in [4.78, 5) is 27.3. The molecule has 1 spiro atoms. The first-order valence-electron chi connectivity index (χ1n) is 11.1. The van der Waals surface area contributed by atoms with Crippen LogP contribution in [-0.2, 0) is 29.6 Å². The lowest BCUT2D eigenvalue weighted by atomic mass is 9.78. The Morgan fingerprint density at radius 3 is 2.76 bits per heavy atom. The fraction of sp³-hybridized carbons (Fsp3) is 0.280. The topological polar surface area (TPSA) is 97.0 Å². The average molecular weight is 441 g/mol. The molecule has 8 heteroatoms. The SMILES string of the molecule is CCCn1cc(N2C(=O)C3(Cc4ccc(-c5n[nH]c(=O)o5)cc4C3)c3ccc(C)cc32)cn1. The summed E-state index contributed by atoms with van der Waals surface area (Å²) in [5.41, 5.74) is 6.14. The maximum absolute atomic E-state index is 14.1. The molecule has 1 amide bonds. The summed E-state index contributed by atoms with van der Waals surface area (Å²) in [6, 6.07) is 12.1. The standard InChI is InChI=1S/C25H23N5O3/c1-3-8-29-14-19(13-26-29)30-21-9-15(2)4-7-20(21)25(23(30)31)11-17-6-5-16(10-18(17)12-25)22-27-28-24(32)33-22/h4-7,9-10,13-14H,3,8,11-12H2,1-2H3,(H,28,32). The van der Waals surface area contributed by atoms with Gasteiger partial charge < -0.3 is 4.42 Å². The first kappa shape index (κ1) is 19.7. The quantitative estimate of drug-likeness (QED) is 0.521. The maximum Gasteiger partial charge on any atom is 0.434 e. The van der Waals surface area contributed by atoms with Gasteiger partial charge in [-0.05, 0) is 66.6 Å². The second-order valence-electron chi connectivity index (χ2n) is 8.96. The van der Waals surface area contributed by atoms with Gasteiger partial charge in [0.25, 0.3) is 0 Å². The third kappa shape index (κ3) is 2.90. The molecule has 1 atom stereocenters. The molecule has 166 valence electrons. The Morgan fingerprint density at radius 1 is 1.12 bits per heavy atom. The van der Waals surface area contributed by atoms with E-state index in [1.54, 1.807) is 6.20 Å². The molecule has 1 aliphatic heterocycles. The molecule has 0 radical (unpaired) electrons. The van der Waals surface area contributed by atoms with Crippen molar-refractivity contribution in [1.29, 1.82) is 0 Å². The van der Waals surface area contributed by atoms with Crippen molar-refractivity contribution in [1.82, 2.24) is 20.0 Å². The molecule has 33 heavy (non-hydrogen) atoms. The second kappa shape index (κ2) is 7.03. The Morgan fingerprint density at radius 2 is 1.97 bits per heavy atom. The summed E-state index contributed by atoms with van der Waals surface area (Å²) < 4.78 is 7.01. The molecule has 1 N–H and O–H groups in total. The Labute approximate surface area is 189 Å². The van der Waals surface area contributed by atoms with E-state index in [9.17, 15) is 9.59 Å². The van der Waals surface area contributed by atoms with Crippen molar-refractivity contribution in [2.24, 2.45) is 0 Å². The zero-order valence-electron chi connectivity index (χ0n) is 18.5. The number of carbonyl (C=O) groups is 1. The van der Waals surface area contributed by atoms with Gasteiger partial charge in [0, 0.05) is 18.3 Å². The van der Waals surface area contributed by atoms with Gasteiger partial charge in [0.05, 0.1) is 23.0 Å². The summed E-state index contributed by atoms with van der Waals surface area (Å²) in [7, 11) is 0. The van der Waals surface area contributed by atoms with Gasteiger partial charge in [-0.1, -0.05) is 25.1 Å². The lowest BCUT2D eigenvalue weighted by Crippen LogP contribution is -2.39. The summed E-state index contributed by atoms with van der Waals surface area (Å²) in [6.45, 7) is 4.96. The second-order valence-corrected chi connectivity index (χ2v) is 8.96. The maximum atomic E-state index is 14.1. The molecular weight excluding hydrogens is 418 g/mol. The first-order valence-corrected chi connectivity index (χ1v) is 11.1. The van der Waals surface area contributed by atoms with Crippen LogP contribution in [0.15, 0.2) is 58.0 Å². The van der Waals surface area contributed by atoms with E-state index >= 15 is 0 Å². The van der Waals surface area contributed by atoms with Crippen LogP contribution >= 0.6 is 0 Å². The predicted molar refractivity (Wildman–Crippen MR) is 122 cm³/mol. The highest BCUT2D eigenvalue weighted by molar-refractivity contribution is 6.13. The van der Waals surface area contributed by atoms with E-state index in [1.165, 1.54) is 0 Å². The monoisotopic (exact) mass is 441 g/mol. The number of rotatable bonds is 4. The molecule has 2 aliphatic rings. The zero-order chi connectivity index (χ0) is 22.7. The number of anilines is 2. The van der Waals surface area contributed by atoms with Gasteiger partial charge in [-0.25, -0.2) is 9.89 Å². The van der Waals surface area contributed by atoms with E-state index < -0.39 is 11.2 Å². The Bertz CT molecular complexity index is 1460. The molecule has 8 nitrogen and oxygen atoms in total. The number of aromatic nitrogens is 4. The van der Waals surface area contributed by atoms with E-state index in [1.807, 2.05) is 40.9 Å². The molecule has 2 aromatic carbocycles. The summed E-state index contributed by atoms with van der Waals surface area (Å²) >= 11 is 0. The molecule has 0 bridgehead atoms. The van der Waals surface area contributed by atoms with Crippen LogP contribution in [0.1, 0.15) is 35.6 Å². The summed E-state index contributed by atoms with van der Waals surface area (Å²) in [5, 5.41) is 10.7. The van der Waals surface area contributed by atoms with Crippen LogP contribution in [0.4, 0.5) is 11.4 Å². The highest BCUT2D eigenvalue weighted by Crippen LogP contribution is 2.52. The van der Waals surface area contributed by atoms with Crippen LogP contribution in [0.5, 0.6) is 0 Å². The number of hydrogen-bond donors (Lipinski definition) is 1. The van der Waals surface area contributed by atoms with Gasteiger partial charge in [0.1, 0.15) is 0 Å². The van der Waals surface area contributed by atoms with Gasteiger partial charge in [-0.2, -0.15) is 5.10 Å². The molecule has 0 fully saturated rings. The number of nitrogens with one attached hydrogen (secondary N) is 1. The normalized spacial score (nSPS) is 18.8. The van der Waals surface area contributed by atoms with Gasteiger partial charge in [0.2, 0.25) is 11.8 Å². The molecule has 2 aromatic heterocycles. The zero-order valence-corrected chi connectivity index (χ0v) is 18.5. The van der Waals surface area contributed by atoms with Gasteiger partial charge in [0.15, 0.2) is 0 Å². The van der Waals surface area contributed by atoms with Gasteiger partial charge >= 0.3 is 5.76 Å². The van der Waals surface area contributed by atoms with Crippen LogP contribution in [0.2, 0.25) is 0 Å². The highest BCUT2D eigenvalue weighted by Gasteiger charge is 2.54. The van der Waals surface area contributed by atoms with Crippen LogP contribution in [-0.4, -0.2) is 25.9 Å². The van der Waals surface area contributed by atoms with E-state index in [-0.39, 0.29) is 11.8 Å². The molecule has 3 heterocycles. The minimum Gasteiger partial charge on any atom is -0.388 e. The highest BCUT2D eigenvalue weighted by atomic mass is 16.4. The fourth-order valence-corrected chi connectivity index (χ4v) is 5.25.